The molecule has 17 heteroatoms. The van der Waals surface area contributed by atoms with Crippen LogP contribution in [-0.2, 0) is 24.7 Å². The van der Waals surface area contributed by atoms with Crippen molar-refractivity contribution in [3.05, 3.63) is 137 Å². The monoisotopic (exact) mass is 875 g/mol. The Hall–Kier alpha value is -5.02. The van der Waals surface area contributed by atoms with E-state index >= 15 is 0 Å². The van der Waals surface area contributed by atoms with Gasteiger partial charge in [0.05, 0.1) is 16.7 Å². The van der Waals surface area contributed by atoms with E-state index in [1.54, 1.807) is 0 Å². The quantitative estimate of drug-likeness (QED) is 0.0240. The van der Waals surface area contributed by atoms with Crippen molar-refractivity contribution in [2.45, 2.75) is 109 Å². The first-order chi connectivity index (χ1) is 28.7. The lowest BCUT2D eigenvalue weighted by molar-refractivity contribution is -0.520. The number of hydrogen-bond acceptors (Lipinski definition) is 3. The molecule has 0 aromatic heterocycles. The fourth-order valence-corrected chi connectivity index (χ4v) is 5.74. The smallest absolute Gasteiger partial charge is 0.490 e. The molecule has 332 valence electrons. The van der Waals surface area contributed by atoms with Crippen LogP contribution in [0.25, 0.3) is 0 Å². The van der Waals surface area contributed by atoms with Crippen molar-refractivity contribution in [2.75, 3.05) is 0 Å². The Morgan fingerprint density at radius 3 is 1.33 bits per heavy atom. The lowest BCUT2D eigenvalue weighted by atomic mass is 10.0. The van der Waals surface area contributed by atoms with Crippen molar-refractivity contribution in [3.8, 4) is 17.2 Å². The molecule has 0 aliphatic heterocycles. The summed E-state index contributed by atoms with van der Waals surface area (Å²) in [4.78, 5) is 0. The van der Waals surface area contributed by atoms with Gasteiger partial charge < -0.3 is 14.0 Å². The zero-order chi connectivity index (χ0) is 45.1. The van der Waals surface area contributed by atoms with Crippen molar-refractivity contribution < 1.29 is 72.0 Å². The number of quaternary nitrogens is 1. The Kier molecular flexibility index (Phi) is 19.7. The van der Waals surface area contributed by atoms with Gasteiger partial charge in [0.1, 0.15) is 11.5 Å². The van der Waals surface area contributed by atoms with E-state index in [1.165, 1.54) is 56.0 Å². The van der Waals surface area contributed by atoms with E-state index < -0.39 is 54.3 Å². The van der Waals surface area contributed by atoms with E-state index in [4.69, 9.17) is 14.0 Å². The largest absolute Gasteiger partial charge is 0.864 e. The number of unbranched alkanes of at least 4 members (excludes halogenated alkanes) is 10. The van der Waals surface area contributed by atoms with E-state index in [-0.39, 0.29) is 22.9 Å². The molecule has 4 rings (SSSR count). The molecule has 0 spiro atoms. The summed E-state index contributed by atoms with van der Waals surface area (Å²) in [5.74, 6) is -0.528. The molecule has 0 bridgehead atoms. The molecule has 4 nitrogen and oxygen atoms in total. The zero-order valence-corrected chi connectivity index (χ0v) is 33.3. The maximum Gasteiger partial charge on any atom is 0.864 e. The number of benzene rings is 4. The van der Waals surface area contributed by atoms with Crippen LogP contribution < -0.4 is 19.3 Å². The van der Waals surface area contributed by atoms with Crippen LogP contribution in [0.3, 0.4) is 0 Å². The van der Waals surface area contributed by atoms with Gasteiger partial charge in [-0.2, -0.15) is 83.0 Å². The maximum absolute atomic E-state index is 13.7. The van der Waals surface area contributed by atoms with Crippen LogP contribution >= 0.6 is 0 Å². The molecule has 0 atom stereocenters. The molecule has 0 saturated carbocycles. The van der Waals surface area contributed by atoms with Crippen molar-refractivity contribution in [1.82, 2.24) is 0 Å². The van der Waals surface area contributed by atoms with Crippen LogP contribution in [0.2, 0.25) is 0 Å². The molecule has 0 aliphatic rings. The van der Waals surface area contributed by atoms with Gasteiger partial charge in [-0.1, -0.05) is 89.0 Å². The predicted molar refractivity (Wildman–Crippen MR) is 208 cm³/mol. The van der Waals surface area contributed by atoms with Crippen LogP contribution in [0.5, 0.6) is 17.2 Å². The highest BCUT2D eigenvalue weighted by atomic mass is 19.4. The fourth-order valence-electron chi connectivity index (χ4n) is 5.74. The molecular weight excluding hydrogens is 829 g/mol. The highest BCUT2D eigenvalue weighted by Gasteiger charge is 2.37. The van der Waals surface area contributed by atoms with Crippen molar-refractivity contribution in [2.24, 2.45) is 0 Å². The Morgan fingerprint density at radius 1 is 0.541 bits per heavy atom. The standard InChI is InChI=1S/C37H41BF9NO3.C7H4F3/c1-3-5-6-7-8-9-10-11-12-13-14-15-30(4-2)48-33-26-29(37(45,46)47)20-25-34(33)51-38(49-31-21-16-27(17-22-31)35(39,40)41)50-32-23-18-28(19-24-32)36(42,43)44;8-7(9,10)6-4-2-1-3-5-6/h16-26,48H,2-3,5-15H2,1H3;2-5H/q;-1/p+1. The third-order valence-corrected chi connectivity index (χ3v) is 9.04. The summed E-state index contributed by atoms with van der Waals surface area (Å²) in [7, 11) is -1.86. The topological polar surface area (TPSA) is 44.3 Å². The Bertz CT molecular complexity index is 1860. The highest BCUT2D eigenvalue weighted by molar-refractivity contribution is 6.39. The summed E-state index contributed by atoms with van der Waals surface area (Å²) < 4.78 is 172. The second-order valence-electron chi connectivity index (χ2n) is 13.9. The minimum Gasteiger partial charge on any atom is -0.490 e. The van der Waals surface area contributed by atoms with Crippen LogP contribution in [0.4, 0.5) is 58.4 Å². The summed E-state index contributed by atoms with van der Waals surface area (Å²) in [5, 5.41) is 1.43. The Labute approximate surface area is 347 Å². The molecule has 0 heterocycles. The van der Waals surface area contributed by atoms with Crippen molar-refractivity contribution >= 4 is 13.0 Å². The van der Waals surface area contributed by atoms with Crippen molar-refractivity contribution in [1.29, 1.82) is 0 Å². The summed E-state index contributed by atoms with van der Waals surface area (Å²) in [6.07, 6.45) is -5.41. The van der Waals surface area contributed by atoms with Gasteiger partial charge in [-0.15, -0.1) is 0 Å². The molecule has 4 aromatic rings. The molecule has 0 fully saturated rings. The molecular formula is C44H46BF12NO3. The second-order valence-corrected chi connectivity index (χ2v) is 13.9. The number of hydrogen-bond donors (Lipinski definition) is 1. The molecule has 0 aliphatic carbocycles. The lowest BCUT2D eigenvalue weighted by Crippen LogP contribution is -2.75. The second kappa shape index (κ2) is 23.8. The van der Waals surface area contributed by atoms with Crippen LogP contribution in [0, 0.1) is 6.07 Å². The first kappa shape index (κ1) is 50.3. The normalized spacial score (nSPS) is 11.9. The van der Waals surface area contributed by atoms with Crippen LogP contribution in [0.1, 0.15) is 106 Å². The van der Waals surface area contributed by atoms with Gasteiger partial charge in [-0.25, -0.2) is 0 Å². The molecule has 0 saturated heterocycles. The van der Waals surface area contributed by atoms with Gasteiger partial charge in [0.2, 0.25) is 0 Å². The third-order valence-electron chi connectivity index (χ3n) is 9.04. The Balaban J connectivity index is 0.000000866. The van der Waals surface area contributed by atoms with Gasteiger partial charge in [0, 0.05) is 12.5 Å². The molecule has 0 radical (unpaired) electrons. The van der Waals surface area contributed by atoms with E-state index in [9.17, 15) is 52.7 Å². The average Bonchev–Trinajstić information content (AvgIpc) is 3.19. The molecule has 0 amide bonds. The van der Waals surface area contributed by atoms with Gasteiger partial charge in [-0.05, 0) is 67.1 Å². The number of allylic oxidation sites excluding steroid dienone is 1. The minimum absolute atomic E-state index is 0.0453. The summed E-state index contributed by atoms with van der Waals surface area (Å²) in [5.41, 5.74) is -0.331. The maximum atomic E-state index is 13.7. The van der Waals surface area contributed by atoms with Gasteiger partial charge >= 0.3 is 32.0 Å². The number of halogens is 12. The first-order valence-corrected chi connectivity index (χ1v) is 19.5. The lowest BCUT2D eigenvalue weighted by Gasteiger charge is -2.19. The summed E-state index contributed by atoms with van der Waals surface area (Å²) in [6, 6.07) is 16.4. The van der Waals surface area contributed by atoms with Gasteiger partial charge in [-0.3, -0.25) is 5.32 Å². The minimum atomic E-state index is -4.71. The number of nitrogens with two attached hydrogens (primary N) is 1. The van der Waals surface area contributed by atoms with Crippen molar-refractivity contribution in [3.63, 3.8) is 0 Å². The van der Waals surface area contributed by atoms with E-state index in [2.05, 4.69) is 25.3 Å². The average molecular weight is 876 g/mol. The zero-order valence-electron chi connectivity index (χ0n) is 33.3. The summed E-state index contributed by atoms with van der Waals surface area (Å²) in [6.45, 7) is 5.87. The first-order valence-electron chi connectivity index (χ1n) is 19.5. The summed E-state index contributed by atoms with van der Waals surface area (Å²) >= 11 is 0. The molecule has 61 heavy (non-hydrogen) atoms. The van der Waals surface area contributed by atoms with Crippen LogP contribution in [0.15, 0.2) is 109 Å². The molecule has 4 aromatic carbocycles. The third kappa shape index (κ3) is 18.6. The van der Waals surface area contributed by atoms with E-state index in [0.717, 1.165) is 111 Å². The molecule has 2 N–H and O–H groups in total. The van der Waals surface area contributed by atoms with E-state index in [1.807, 2.05) is 0 Å². The highest BCUT2D eigenvalue weighted by Crippen LogP contribution is 2.36. The van der Waals surface area contributed by atoms with Crippen LogP contribution in [-0.4, -0.2) is 7.32 Å². The SMILES string of the molecule is C=C=C(CCCCCCCCCCCCC)[NH2+]c1cc(C(F)(F)F)ccc1OB(Oc1ccc(C(F)(F)F)cc1)Oc1ccc(C(F)(F)F)cc1.FC(F)(F)c1cc[c-]cc1. The predicted octanol–water partition coefficient (Wildman–Crippen LogP) is 14.3. The fraction of sp³-hybridized carbons (Fsp3) is 0.386. The van der Waals surface area contributed by atoms with Gasteiger partial charge in [0.15, 0.2) is 17.1 Å². The number of alkyl halides is 12. The Morgan fingerprint density at radius 2 is 0.934 bits per heavy atom. The van der Waals surface area contributed by atoms with Gasteiger partial charge in [0.25, 0.3) is 0 Å². The molecule has 0 unspecified atom stereocenters. The number of rotatable bonds is 20. The van der Waals surface area contributed by atoms with E-state index in [0.29, 0.717) is 12.1 Å².